The molecule has 0 aliphatic heterocycles. The predicted molar refractivity (Wildman–Crippen MR) is 386 cm³/mol. The average Bonchev–Trinajstić information content (AvgIpc) is 2.25. The molecular formula is C88H58N2O. The SMILES string of the molecule is c1ccc(-c2ccc(-c3ccccc3N(c3cccc(-c4ccccc4N(c4ccc(-c5cccc6ccccc56)cc4)c4ccc5c(ccc6cc(-c7cccc8c7oc7ccccc78)ccc65)c4)c3)c3ccc(-c4ccccc4)c4ccccc34)cc2)cc1. The molecule has 3 heteroatoms. The summed E-state index contributed by atoms with van der Waals surface area (Å²) in [4.78, 5) is 4.92. The lowest BCUT2D eigenvalue weighted by molar-refractivity contribution is 0.670. The number of nitrogens with zero attached hydrogens (tertiary/aromatic N) is 2. The molecule has 0 saturated heterocycles. The molecule has 0 fully saturated rings. The molecular weight excluding hydrogens is 1100 g/mol. The Bertz CT molecular complexity index is 5590. The van der Waals surface area contributed by atoms with Crippen molar-refractivity contribution in [1.29, 1.82) is 0 Å². The Balaban J connectivity index is 0.815. The standard InChI is InChI=1S/C88H58N2O/c1-3-20-59(21-4-1)60-40-42-64(43-41-60)77-29-11-15-38-85(77)90(86-55-54-74(61-22-5-2-6-23-61)80-31-9-10-32-81(80)86)70-27-17-26-65(57-70)78-30-12-14-37-84(78)89(69-49-46-63(47-50-69)73-34-18-25-62-24-7-8-28-72(62)73)71-51-53-76-68(58-71)45-44-66-56-67(48-52-75(66)76)79-35-19-36-83-82-33-13-16-39-87(82)91-88(79)83/h1-58H. The van der Waals surface area contributed by atoms with Gasteiger partial charge < -0.3 is 14.2 Å². The lowest BCUT2D eigenvalue weighted by atomic mass is 9.94. The van der Waals surface area contributed by atoms with E-state index in [2.05, 4.69) is 356 Å². The second-order valence-corrected chi connectivity index (χ2v) is 23.5. The maximum atomic E-state index is 6.52. The average molecular weight is 1160 g/mol. The number of furan rings is 1. The topological polar surface area (TPSA) is 19.6 Å². The molecule has 0 amide bonds. The number of hydrogen-bond acceptors (Lipinski definition) is 3. The molecule has 0 saturated carbocycles. The predicted octanol–water partition coefficient (Wildman–Crippen LogP) is 25.1. The summed E-state index contributed by atoms with van der Waals surface area (Å²) in [6.45, 7) is 0. The third-order valence-corrected chi connectivity index (χ3v) is 18.3. The molecule has 16 aromatic carbocycles. The van der Waals surface area contributed by atoms with Crippen molar-refractivity contribution in [3.63, 3.8) is 0 Å². The molecule has 17 rings (SSSR count). The van der Waals surface area contributed by atoms with Gasteiger partial charge in [-0.3, -0.25) is 0 Å². The van der Waals surface area contributed by atoms with Crippen molar-refractivity contribution in [1.82, 2.24) is 0 Å². The zero-order valence-electron chi connectivity index (χ0n) is 49.8. The lowest BCUT2D eigenvalue weighted by Gasteiger charge is -2.31. The highest BCUT2D eigenvalue weighted by molar-refractivity contribution is 6.13. The Kier molecular flexibility index (Phi) is 13.2. The first kappa shape index (κ1) is 53.2. The van der Waals surface area contributed by atoms with Crippen molar-refractivity contribution in [2.45, 2.75) is 0 Å². The normalized spacial score (nSPS) is 11.5. The first-order valence-corrected chi connectivity index (χ1v) is 31.2. The number of para-hydroxylation sites is 4. The van der Waals surface area contributed by atoms with Crippen molar-refractivity contribution >= 4 is 99.2 Å². The molecule has 0 aliphatic carbocycles. The van der Waals surface area contributed by atoms with E-state index in [9.17, 15) is 0 Å². The van der Waals surface area contributed by atoms with E-state index in [0.717, 1.165) is 100 Å². The lowest BCUT2D eigenvalue weighted by Crippen LogP contribution is -2.13. The van der Waals surface area contributed by atoms with Crippen molar-refractivity contribution in [3.05, 3.63) is 352 Å². The van der Waals surface area contributed by atoms with Crippen molar-refractivity contribution in [2.75, 3.05) is 9.80 Å². The van der Waals surface area contributed by atoms with Crippen LogP contribution in [0.25, 0.3) is 132 Å². The van der Waals surface area contributed by atoms with Gasteiger partial charge in [-0.05, 0) is 155 Å². The van der Waals surface area contributed by atoms with Crippen LogP contribution in [-0.4, -0.2) is 0 Å². The number of fused-ring (bicyclic) bond motifs is 8. The summed E-state index contributed by atoms with van der Waals surface area (Å²) in [5.74, 6) is 0. The van der Waals surface area contributed by atoms with E-state index in [4.69, 9.17) is 4.42 Å². The zero-order valence-corrected chi connectivity index (χ0v) is 49.8. The Morgan fingerprint density at radius 1 is 0.187 bits per heavy atom. The summed E-state index contributed by atoms with van der Waals surface area (Å²) in [6, 6.07) is 128. The maximum Gasteiger partial charge on any atom is 0.143 e. The molecule has 0 N–H and O–H groups in total. The molecule has 0 spiro atoms. The Morgan fingerprint density at radius 3 is 1.44 bits per heavy atom. The summed E-state index contributed by atoms with van der Waals surface area (Å²) < 4.78 is 6.52. The Morgan fingerprint density at radius 2 is 0.648 bits per heavy atom. The fraction of sp³-hybridized carbons (Fsp3) is 0. The summed E-state index contributed by atoms with van der Waals surface area (Å²) in [7, 11) is 0. The smallest absolute Gasteiger partial charge is 0.143 e. The van der Waals surface area contributed by atoms with Crippen LogP contribution in [0.1, 0.15) is 0 Å². The molecule has 17 aromatic rings. The maximum absolute atomic E-state index is 6.52. The van der Waals surface area contributed by atoms with Gasteiger partial charge in [-0.1, -0.05) is 285 Å². The third-order valence-electron chi connectivity index (χ3n) is 18.3. The number of rotatable bonds is 12. The monoisotopic (exact) mass is 1160 g/mol. The highest BCUT2D eigenvalue weighted by atomic mass is 16.3. The van der Waals surface area contributed by atoms with E-state index in [-0.39, 0.29) is 0 Å². The molecule has 0 radical (unpaired) electrons. The molecule has 0 aliphatic rings. The van der Waals surface area contributed by atoms with E-state index in [1.54, 1.807) is 0 Å². The Hall–Kier alpha value is -12.0. The fourth-order valence-corrected chi connectivity index (χ4v) is 13.9. The van der Waals surface area contributed by atoms with Crippen molar-refractivity contribution in [3.8, 4) is 66.8 Å². The van der Waals surface area contributed by atoms with Crippen LogP contribution < -0.4 is 9.80 Å². The number of hydrogen-bond donors (Lipinski definition) is 0. The first-order valence-electron chi connectivity index (χ1n) is 31.2. The second kappa shape index (κ2) is 22.6. The third kappa shape index (κ3) is 9.56. The molecule has 1 aromatic heterocycles. The van der Waals surface area contributed by atoms with E-state index in [1.807, 2.05) is 6.07 Å². The van der Waals surface area contributed by atoms with E-state index < -0.39 is 0 Å². The van der Waals surface area contributed by atoms with Gasteiger partial charge in [0.25, 0.3) is 0 Å². The summed E-state index contributed by atoms with van der Waals surface area (Å²) in [6.07, 6.45) is 0. The van der Waals surface area contributed by atoms with Crippen LogP contribution in [0.2, 0.25) is 0 Å². The van der Waals surface area contributed by atoms with Crippen LogP contribution in [0.5, 0.6) is 0 Å². The van der Waals surface area contributed by atoms with Crippen LogP contribution >= 0.6 is 0 Å². The van der Waals surface area contributed by atoms with E-state index in [1.165, 1.54) is 65.7 Å². The quantitative estimate of drug-likeness (QED) is 0.114. The molecule has 0 atom stereocenters. The van der Waals surface area contributed by atoms with Gasteiger partial charge in [-0.2, -0.15) is 0 Å². The van der Waals surface area contributed by atoms with Crippen LogP contribution in [-0.2, 0) is 0 Å². The minimum absolute atomic E-state index is 0.902. The number of benzene rings is 16. The van der Waals surface area contributed by atoms with Crippen LogP contribution in [0, 0.1) is 0 Å². The van der Waals surface area contributed by atoms with Crippen LogP contribution in [0.4, 0.5) is 34.1 Å². The fourth-order valence-electron chi connectivity index (χ4n) is 13.9. The summed E-state index contributed by atoms with van der Waals surface area (Å²) in [5.41, 5.74) is 22.0. The number of anilines is 6. The molecule has 0 unspecified atom stereocenters. The van der Waals surface area contributed by atoms with Gasteiger partial charge in [-0.15, -0.1) is 0 Å². The summed E-state index contributed by atoms with van der Waals surface area (Å²) >= 11 is 0. The van der Waals surface area contributed by atoms with Crippen LogP contribution in [0.15, 0.2) is 356 Å². The van der Waals surface area contributed by atoms with Gasteiger partial charge in [0.2, 0.25) is 0 Å². The molecule has 3 nitrogen and oxygen atoms in total. The molecule has 1 heterocycles. The molecule has 0 bridgehead atoms. The van der Waals surface area contributed by atoms with E-state index in [0.29, 0.717) is 0 Å². The minimum Gasteiger partial charge on any atom is -0.455 e. The minimum atomic E-state index is 0.902. The van der Waals surface area contributed by atoms with Gasteiger partial charge in [0.05, 0.1) is 17.1 Å². The summed E-state index contributed by atoms with van der Waals surface area (Å²) in [5, 5.41) is 11.8. The van der Waals surface area contributed by atoms with Gasteiger partial charge in [0, 0.05) is 49.9 Å². The second-order valence-electron chi connectivity index (χ2n) is 23.5. The molecule has 426 valence electrons. The van der Waals surface area contributed by atoms with Crippen LogP contribution in [0.3, 0.4) is 0 Å². The highest BCUT2D eigenvalue weighted by Crippen LogP contribution is 2.49. The van der Waals surface area contributed by atoms with Gasteiger partial charge in [-0.25, -0.2) is 0 Å². The van der Waals surface area contributed by atoms with Gasteiger partial charge in [0.15, 0.2) is 0 Å². The molecule has 91 heavy (non-hydrogen) atoms. The zero-order chi connectivity index (χ0) is 60.2. The Labute approximate surface area is 528 Å². The van der Waals surface area contributed by atoms with Gasteiger partial charge in [0.1, 0.15) is 11.2 Å². The van der Waals surface area contributed by atoms with Gasteiger partial charge >= 0.3 is 0 Å². The van der Waals surface area contributed by atoms with E-state index >= 15 is 0 Å². The van der Waals surface area contributed by atoms with Crippen molar-refractivity contribution < 1.29 is 4.42 Å². The van der Waals surface area contributed by atoms with Crippen molar-refractivity contribution in [2.24, 2.45) is 0 Å². The largest absolute Gasteiger partial charge is 0.455 e. The highest BCUT2D eigenvalue weighted by Gasteiger charge is 2.24. The first-order chi connectivity index (χ1) is 45.1.